The molecule has 2 aliphatic heterocycles. The van der Waals surface area contributed by atoms with Crippen molar-refractivity contribution in [1.29, 1.82) is 0 Å². The second-order valence-corrected chi connectivity index (χ2v) is 6.89. The van der Waals surface area contributed by atoms with E-state index in [0.29, 0.717) is 19.5 Å². The van der Waals surface area contributed by atoms with Gasteiger partial charge in [0.05, 0.1) is 13.1 Å². The molecular weight excluding hydrogens is 282 g/mol. The SMILES string of the molecule is CC(C)(C)OC(=O)N1CCC(CC(=O)N2CC(F)(F)C2)C1. The van der Waals surface area contributed by atoms with Gasteiger partial charge in [-0.25, -0.2) is 13.6 Å². The second-order valence-electron chi connectivity index (χ2n) is 6.89. The maximum atomic E-state index is 12.7. The zero-order valence-corrected chi connectivity index (χ0v) is 12.7. The zero-order chi connectivity index (χ0) is 15.8. The Bertz CT molecular complexity index is 426. The van der Waals surface area contributed by atoms with Crippen molar-refractivity contribution in [1.82, 2.24) is 9.80 Å². The van der Waals surface area contributed by atoms with Crippen LogP contribution in [-0.4, -0.2) is 59.5 Å². The number of hydrogen-bond donors (Lipinski definition) is 0. The highest BCUT2D eigenvalue weighted by molar-refractivity contribution is 5.78. The van der Waals surface area contributed by atoms with Crippen molar-refractivity contribution in [3.05, 3.63) is 0 Å². The number of carbonyl (C=O) groups is 2. The van der Waals surface area contributed by atoms with Crippen molar-refractivity contribution < 1.29 is 23.1 Å². The Morgan fingerprint density at radius 3 is 2.38 bits per heavy atom. The molecule has 0 bridgehead atoms. The van der Waals surface area contributed by atoms with Crippen molar-refractivity contribution in [2.24, 2.45) is 5.92 Å². The molecule has 0 N–H and O–H groups in total. The summed E-state index contributed by atoms with van der Waals surface area (Å²) >= 11 is 0. The van der Waals surface area contributed by atoms with Crippen LogP contribution in [-0.2, 0) is 9.53 Å². The molecule has 7 heteroatoms. The summed E-state index contributed by atoms with van der Waals surface area (Å²) in [6.45, 7) is 5.43. The zero-order valence-electron chi connectivity index (χ0n) is 12.7. The van der Waals surface area contributed by atoms with E-state index in [9.17, 15) is 18.4 Å². The van der Waals surface area contributed by atoms with E-state index in [4.69, 9.17) is 4.74 Å². The van der Waals surface area contributed by atoms with E-state index in [2.05, 4.69) is 0 Å². The number of ether oxygens (including phenoxy) is 1. The minimum Gasteiger partial charge on any atom is -0.444 e. The van der Waals surface area contributed by atoms with Gasteiger partial charge in [0.1, 0.15) is 5.60 Å². The number of alkyl halides is 2. The van der Waals surface area contributed by atoms with Crippen LogP contribution in [0.15, 0.2) is 0 Å². The van der Waals surface area contributed by atoms with Crippen LogP contribution in [0.2, 0.25) is 0 Å². The summed E-state index contributed by atoms with van der Waals surface area (Å²) in [6, 6.07) is 0. The lowest BCUT2D eigenvalue weighted by atomic mass is 10.0. The summed E-state index contributed by atoms with van der Waals surface area (Å²) in [4.78, 5) is 26.5. The Balaban J connectivity index is 1.75. The normalized spacial score (nSPS) is 24.7. The van der Waals surface area contributed by atoms with Gasteiger partial charge < -0.3 is 14.5 Å². The Labute approximate surface area is 123 Å². The average molecular weight is 304 g/mol. The molecule has 0 radical (unpaired) electrons. The number of amides is 2. The molecule has 21 heavy (non-hydrogen) atoms. The van der Waals surface area contributed by atoms with Crippen LogP contribution in [0.5, 0.6) is 0 Å². The third-order valence-corrected chi connectivity index (χ3v) is 3.60. The van der Waals surface area contributed by atoms with Gasteiger partial charge in [-0.05, 0) is 33.1 Å². The van der Waals surface area contributed by atoms with Crippen LogP contribution in [0.3, 0.4) is 0 Å². The van der Waals surface area contributed by atoms with Crippen LogP contribution in [0, 0.1) is 5.92 Å². The molecule has 2 amide bonds. The van der Waals surface area contributed by atoms with Crippen molar-refractivity contribution in [2.45, 2.75) is 45.1 Å². The summed E-state index contributed by atoms with van der Waals surface area (Å²) in [5.41, 5.74) is -0.547. The molecule has 2 fully saturated rings. The number of hydrogen-bond acceptors (Lipinski definition) is 3. The number of carbonyl (C=O) groups excluding carboxylic acids is 2. The molecule has 5 nitrogen and oxygen atoms in total. The fourth-order valence-corrected chi connectivity index (χ4v) is 2.56. The van der Waals surface area contributed by atoms with Crippen LogP contribution >= 0.6 is 0 Å². The second kappa shape index (κ2) is 5.42. The Hall–Kier alpha value is -1.40. The van der Waals surface area contributed by atoms with Crippen LogP contribution < -0.4 is 0 Å². The predicted molar refractivity (Wildman–Crippen MR) is 72.1 cm³/mol. The average Bonchev–Trinajstić information content (AvgIpc) is 2.71. The van der Waals surface area contributed by atoms with E-state index < -0.39 is 24.6 Å². The van der Waals surface area contributed by atoms with Gasteiger partial charge in [0.25, 0.3) is 5.92 Å². The lowest BCUT2D eigenvalue weighted by Gasteiger charge is -2.39. The molecule has 0 aromatic carbocycles. The fraction of sp³-hybridized carbons (Fsp3) is 0.857. The molecule has 2 saturated heterocycles. The molecular formula is C14H22F2N2O3. The molecule has 0 saturated carbocycles. The topological polar surface area (TPSA) is 49.9 Å². The molecule has 2 aliphatic rings. The lowest BCUT2D eigenvalue weighted by Crippen LogP contribution is -2.58. The first-order valence-corrected chi connectivity index (χ1v) is 7.19. The number of halogens is 2. The van der Waals surface area contributed by atoms with E-state index in [1.54, 1.807) is 25.7 Å². The van der Waals surface area contributed by atoms with E-state index in [-0.39, 0.29) is 24.3 Å². The Kier molecular flexibility index (Phi) is 4.13. The van der Waals surface area contributed by atoms with Gasteiger partial charge in [-0.1, -0.05) is 0 Å². The van der Waals surface area contributed by atoms with E-state index in [1.165, 1.54) is 4.90 Å². The number of nitrogens with zero attached hydrogens (tertiary/aromatic N) is 2. The van der Waals surface area contributed by atoms with E-state index in [1.807, 2.05) is 0 Å². The molecule has 1 atom stereocenters. The molecule has 0 spiro atoms. The first kappa shape index (κ1) is 16.0. The molecule has 0 aliphatic carbocycles. The van der Waals surface area contributed by atoms with Crippen LogP contribution in [0.25, 0.3) is 0 Å². The van der Waals surface area contributed by atoms with Gasteiger partial charge in [0, 0.05) is 19.5 Å². The predicted octanol–water partition coefficient (Wildman–Crippen LogP) is 2.11. The van der Waals surface area contributed by atoms with Crippen molar-refractivity contribution >= 4 is 12.0 Å². The molecule has 0 aromatic heterocycles. The van der Waals surface area contributed by atoms with Crippen molar-refractivity contribution in [2.75, 3.05) is 26.2 Å². The van der Waals surface area contributed by atoms with Gasteiger partial charge in [0.2, 0.25) is 5.91 Å². The molecule has 120 valence electrons. The summed E-state index contributed by atoms with van der Waals surface area (Å²) < 4.78 is 30.7. The lowest BCUT2D eigenvalue weighted by molar-refractivity contribution is -0.166. The standard InChI is InChI=1S/C14H22F2N2O3/c1-13(2,3)21-12(20)17-5-4-10(7-17)6-11(19)18-8-14(15,16)9-18/h10H,4-9H2,1-3H3. The van der Waals surface area contributed by atoms with E-state index >= 15 is 0 Å². The molecule has 0 aromatic rings. The number of rotatable bonds is 2. The highest BCUT2D eigenvalue weighted by Crippen LogP contribution is 2.29. The maximum Gasteiger partial charge on any atom is 0.410 e. The minimum atomic E-state index is -2.73. The maximum absolute atomic E-state index is 12.7. The third-order valence-electron chi connectivity index (χ3n) is 3.60. The minimum absolute atomic E-state index is 0.0271. The fourth-order valence-electron chi connectivity index (χ4n) is 2.56. The van der Waals surface area contributed by atoms with Gasteiger partial charge in [-0.3, -0.25) is 4.79 Å². The molecule has 2 heterocycles. The van der Waals surface area contributed by atoms with Gasteiger partial charge in [0.15, 0.2) is 0 Å². The monoisotopic (exact) mass is 304 g/mol. The van der Waals surface area contributed by atoms with Gasteiger partial charge >= 0.3 is 6.09 Å². The summed E-state index contributed by atoms with van der Waals surface area (Å²) in [7, 11) is 0. The summed E-state index contributed by atoms with van der Waals surface area (Å²) in [5, 5.41) is 0. The number of likely N-dealkylation sites (tertiary alicyclic amines) is 2. The van der Waals surface area contributed by atoms with Gasteiger partial charge in [-0.2, -0.15) is 0 Å². The third kappa shape index (κ3) is 4.28. The van der Waals surface area contributed by atoms with Gasteiger partial charge in [-0.15, -0.1) is 0 Å². The molecule has 1 unspecified atom stereocenters. The smallest absolute Gasteiger partial charge is 0.410 e. The highest BCUT2D eigenvalue weighted by atomic mass is 19.3. The van der Waals surface area contributed by atoms with Crippen LogP contribution in [0.4, 0.5) is 13.6 Å². The van der Waals surface area contributed by atoms with Crippen molar-refractivity contribution in [3.8, 4) is 0 Å². The Morgan fingerprint density at radius 2 is 1.86 bits per heavy atom. The first-order chi connectivity index (χ1) is 9.56. The van der Waals surface area contributed by atoms with E-state index in [0.717, 1.165) is 0 Å². The highest BCUT2D eigenvalue weighted by Gasteiger charge is 2.46. The quantitative estimate of drug-likeness (QED) is 0.785. The summed E-state index contributed by atoms with van der Waals surface area (Å²) in [5.74, 6) is -2.95. The summed E-state index contributed by atoms with van der Waals surface area (Å²) in [6.07, 6.45) is 0.540. The Morgan fingerprint density at radius 1 is 1.24 bits per heavy atom. The largest absolute Gasteiger partial charge is 0.444 e. The van der Waals surface area contributed by atoms with Crippen LogP contribution in [0.1, 0.15) is 33.6 Å². The molecule has 2 rings (SSSR count). The first-order valence-electron chi connectivity index (χ1n) is 7.19. The van der Waals surface area contributed by atoms with Crippen molar-refractivity contribution in [3.63, 3.8) is 0 Å².